The first kappa shape index (κ1) is 22.5. The molecule has 1 aromatic carbocycles. The maximum Gasteiger partial charge on any atom is 0.248 e. The lowest BCUT2D eigenvalue weighted by atomic mass is 9.87. The third-order valence-electron chi connectivity index (χ3n) is 4.99. The summed E-state index contributed by atoms with van der Waals surface area (Å²) in [5.74, 6) is 1.17. The second-order valence-electron chi connectivity index (χ2n) is 7.38. The second kappa shape index (κ2) is 11.2. The standard InChI is InChI=1S/C15H23N3O.C7H6FNO/c1-12-10-15(17-13(2)16-12)18(11-19)9-8-14-6-4-3-5-7-14;8-6-3-1-2-5(4-6)7(9)10/h10-11,14H,3-9H2,1-2H3;1-4H,(H2,9,10). The van der Waals surface area contributed by atoms with Crippen LogP contribution in [-0.4, -0.2) is 28.8 Å². The van der Waals surface area contributed by atoms with Gasteiger partial charge in [0.15, 0.2) is 0 Å². The van der Waals surface area contributed by atoms with Crippen LogP contribution in [0.15, 0.2) is 30.3 Å². The summed E-state index contributed by atoms with van der Waals surface area (Å²) in [6.07, 6.45) is 8.67. The number of anilines is 1. The minimum Gasteiger partial charge on any atom is -0.366 e. The summed E-state index contributed by atoms with van der Waals surface area (Å²) in [6, 6.07) is 7.14. The van der Waals surface area contributed by atoms with Crippen LogP contribution < -0.4 is 10.6 Å². The molecule has 1 fully saturated rings. The van der Waals surface area contributed by atoms with Gasteiger partial charge in [-0.25, -0.2) is 14.4 Å². The van der Waals surface area contributed by atoms with E-state index < -0.39 is 11.7 Å². The molecule has 0 bridgehead atoms. The van der Waals surface area contributed by atoms with Crippen LogP contribution in [0.3, 0.4) is 0 Å². The largest absolute Gasteiger partial charge is 0.366 e. The molecule has 2 N–H and O–H groups in total. The van der Waals surface area contributed by atoms with Crippen LogP contribution in [0.5, 0.6) is 0 Å². The molecule has 29 heavy (non-hydrogen) atoms. The molecule has 0 saturated heterocycles. The number of halogens is 1. The molecule has 156 valence electrons. The first-order valence-electron chi connectivity index (χ1n) is 9.98. The number of carbonyl (C=O) groups is 2. The number of primary amides is 1. The summed E-state index contributed by atoms with van der Waals surface area (Å²) in [6.45, 7) is 4.56. The molecule has 0 aliphatic heterocycles. The van der Waals surface area contributed by atoms with E-state index in [0.29, 0.717) is 0 Å². The average Bonchev–Trinajstić information content (AvgIpc) is 2.69. The molecule has 1 aliphatic carbocycles. The molecule has 6 nitrogen and oxygen atoms in total. The summed E-state index contributed by atoms with van der Waals surface area (Å²) < 4.78 is 12.3. The van der Waals surface area contributed by atoms with Crippen molar-refractivity contribution in [3.8, 4) is 0 Å². The van der Waals surface area contributed by atoms with E-state index in [-0.39, 0.29) is 5.56 Å². The fraction of sp³-hybridized carbons (Fsp3) is 0.455. The lowest BCUT2D eigenvalue weighted by Gasteiger charge is -2.24. The van der Waals surface area contributed by atoms with Crippen molar-refractivity contribution in [1.29, 1.82) is 0 Å². The summed E-state index contributed by atoms with van der Waals surface area (Å²) in [7, 11) is 0. The lowest BCUT2D eigenvalue weighted by molar-refractivity contribution is -0.107. The summed E-state index contributed by atoms with van der Waals surface area (Å²) in [5.41, 5.74) is 5.98. The predicted octanol–water partition coefficient (Wildman–Crippen LogP) is 3.95. The molecule has 2 amide bonds. The van der Waals surface area contributed by atoms with Crippen molar-refractivity contribution >= 4 is 18.1 Å². The number of benzene rings is 1. The van der Waals surface area contributed by atoms with Crippen LogP contribution in [0.25, 0.3) is 0 Å². The highest BCUT2D eigenvalue weighted by molar-refractivity contribution is 5.92. The Morgan fingerprint density at radius 3 is 2.48 bits per heavy atom. The molecule has 7 heteroatoms. The Balaban J connectivity index is 0.000000253. The number of aryl methyl sites for hydroxylation is 2. The Hall–Kier alpha value is -2.83. The smallest absolute Gasteiger partial charge is 0.248 e. The highest BCUT2D eigenvalue weighted by Gasteiger charge is 2.16. The molecule has 0 unspecified atom stereocenters. The van der Waals surface area contributed by atoms with E-state index in [2.05, 4.69) is 9.97 Å². The van der Waals surface area contributed by atoms with Gasteiger partial charge in [-0.2, -0.15) is 0 Å². The van der Waals surface area contributed by atoms with Gasteiger partial charge in [-0.15, -0.1) is 0 Å². The molecule has 1 aliphatic rings. The van der Waals surface area contributed by atoms with Gasteiger partial charge in [-0.05, 0) is 44.4 Å². The Morgan fingerprint density at radius 1 is 1.21 bits per heavy atom. The van der Waals surface area contributed by atoms with Gasteiger partial charge in [0.05, 0.1) is 0 Å². The fourth-order valence-corrected chi connectivity index (χ4v) is 3.50. The number of hydrogen-bond acceptors (Lipinski definition) is 4. The molecule has 0 spiro atoms. The minimum absolute atomic E-state index is 0.194. The Morgan fingerprint density at radius 2 is 1.93 bits per heavy atom. The molecular weight excluding hydrogens is 371 g/mol. The summed E-state index contributed by atoms with van der Waals surface area (Å²) >= 11 is 0. The number of nitrogens with two attached hydrogens (primary N) is 1. The van der Waals surface area contributed by atoms with Crippen molar-refractivity contribution in [2.24, 2.45) is 11.7 Å². The van der Waals surface area contributed by atoms with Crippen molar-refractivity contribution in [3.05, 3.63) is 53.2 Å². The third-order valence-corrected chi connectivity index (χ3v) is 4.99. The normalized spacial score (nSPS) is 13.9. The zero-order chi connectivity index (χ0) is 21.2. The summed E-state index contributed by atoms with van der Waals surface area (Å²) in [4.78, 5) is 32.0. The van der Waals surface area contributed by atoms with Gasteiger partial charge in [0.2, 0.25) is 12.3 Å². The van der Waals surface area contributed by atoms with Crippen LogP contribution in [-0.2, 0) is 4.79 Å². The summed E-state index contributed by atoms with van der Waals surface area (Å²) in [5, 5.41) is 0. The topological polar surface area (TPSA) is 89.2 Å². The van der Waals surface area contributed by atoms with Crippen LogP contribution in [0, 0.1) is 25.6 Å². The minimum atomic E-state index is -0.612. The van der Waals surface area contributed by atoms with Gasteiger partial charge in [0, 0.05) is 23.9 Å². The maximum atomic E-state index is 12.3. The van der Waals surface area contributed by atoms with Crippen LogP contribution >= 0.6 is 0 Å². The van der Waals surface area contributed by atoms with E-state index in [1.54, 1.807) is 4.90 Å². The van der Waals surface area contributed by atoms with E-state index in [1.807, 2.05) is 19.9 Å². The first-order chi connectivity index (χ1) is 13.9. The number of nitrogens with zero attached hydrogens (tertiary/aromatic N) is 3. The van der Waals surface area contributed by atoms with Crippen molar-refractivity contribution in [2.75, 3.05) is 11.4 Å². The van der Waals surface area contributed by atoms with Gasteiger partial charge < -0.3 is 5.73 Å². The van der Waals surface area contributed by atoms with Gasteiger partial charge in [-0.1, -0.05) is 38.2 Å². The van der Waals surface area contributed by atoms with Crippen molar-refractivity contribution < 1.29 is 14.0 Å². The number of rotatable bonds is 6. The second-order valence-corrected chi connectivity index (χ2v) is 7.38. The molecule has 1 aromatic heterocycles. The highest BCUT2D eigenvalue weighted by Crippen LogP contribution is 2.26. The quantitative estimate of drug-likeness (QED) is 0.744. The van der Waals surface area contributed by atoms with Gasteiger partial charge in [0.25, 0.3) is 0 Å². The first-order valence-corrected chi connectivity index (χ1v) is 9.98. The third kappa shape index (κ3) is 7.60. The zero-order valence-electron chi connectivity index (χ0n) is 17.1. The number of aromatic nitrogens is 2. The van der Waals surface area contributed by atoms with Crippen molar-refractivity contribution in [1.82, 2.24) is 9.97 Å². The maximum absolute atomic E-state index is 12.3. The van der Waals surface area contributed by atoms with Crippen molar-refractivity contribution in [3.63, 3.8) is 0 Å². The van der Waals surface area contributed by atoms with Gasteiger partial charge in [0.1, 0.15) is 17.5 Å². The van der Waals surface area contributed by atoms with E-state index in [1.165, 1.54) is 50.3 Å². The molecule has 3 rings (SSSR count). The Bertz CT molecular complexity index is 802. The average molecular weight is 400 g/mol. The van der Waals surface area contributed by atoms with E-state index >= 15 is 0 Å². The predicted molar refractivity (Wildman–Crippen MR) is 111 cm³/mol. The molecule has 1 heterocycles. The number of carbonyl (C=O) groups excluding carboxylic acids is 2. The number of hydrogen-bond donors (Lipinski definition) is 1. The Kier molecular flexibility index (Phi) is 8.70. The zero-order valence-corrected chi connectivity index (χ0v) is 17.1. The van der Waals surface area contributed by atoms with Crippen molar-refractivity contribution in [2.45, 2.75) is 52.4 Å². The fourth-order valence-electron chi connectivity index (χ4n) is 3.50. The molecule has 0 radical (unpaired) electrons. The van der Waals surface area contributed by atoms with Gasteiger partial charge in [-0.3, -0.25) is 14.5 Å². The van der Waals surface area contributed by atoms with Crippen LogP contribution in [0.1, 0.15) is 60.4 Å². The molecular formula is C22H29FN4O2. The van der Waals surface area contributed by atoms with Crippen LogP contribution in [0.2, 0.25) is 0 Å². The molecule has 0 atom stereocenters. The Labute approximate surface area is 171 Å². The monoisotopic (exact) mass is 400 g/mol. The molecule has 1 saturated carbocycles. The SMILES string of the molecule is Cc1cc(N(C=O)CCC2CCCCC2)nc(C)n1.NC(=O)c1cccc(F)c1. The number of amides is 2. The van der Waals surface area contributed by atoms with Gasteiger partial charge >= 0.3 is 0 Å². The van der Waals surface area contributed by atoms with Crippen LogP contribution in [0.4, 0.5) is 10.2 Å². The van der Waals surface area contributed by atoms with E-state index in [9.17, 15) is 14.0 Å². The lowest BCUT2D eigenvalue weighted by Crippen LogP contribution is -2.26. The molecule has 2 aromatic rings. The van der Waals surface area contributed by atoms with E-state index in [0.717, 1.165) is 48.7 Å². The van der Waals surface area contributed by atoms with E-state index in [4.69, 9.17) is 5.73 Å². The highest BCUT2D eigenvalue weighted by atomic mass is 19.1.